The summed E-state index contributed by atoms with van der Waals surface area (Å²) in [6.45, 7) is 0. The van der Waals surface area contributed by atoms with Gasteiger partial charge in [0.05, 0.1) is 11.1 Å². The van der Waals surface area contributed by atoms with Crippen LogP contribution in [-0.2, 0) is 0 Å². The first-order chi connectivity index (χ1) is 11.2. The summed E-state index contributed by atoms with van der Waals surface area (Å²) in [7, 11) is 0. The Morgan fingerprint density at radius 2 is 1.30 bits per heavy atom. The predicted molar refractivity (Wildman–Crippen MR) is 89.2 cm³/mol. The van der Waals surface area contributed by atoms with Crippen LogP contribution in [-0.4, -0.2) is 5.11 Å². The van der Waals surface area contributed by atoms with E-state index in [-0.39, 0.29) is 5.75 Å². The molecule has 0 bridgehead atoms. The van der Waals surface area contributed by atoms with Gasteiger partial charge in [-0.05, 0) is 59.7 Å². The number of hydrogen-bond donors (Lipinski definition) is 1. The van der Waals surface area contributed by atoms with E-state index in [4.69, 9.17) is 0 Å². The third kappa shape index (κ3) is 2.96. The van der Waals surface area contributed by atoms with Crippen molar-refractivity contribution in [1.29, 1.82) is 10.5 Å². The van der Waals surface area contributed by atoms with Gasteiger partial charge in [-0.25, -0.2) is 0 Å². The van der Waals surface area contributed by atoms with E-state index < -0.39 is 0 Å². The molecular formula is C20H16N2O. The van der Waals surface area contributed by atoms with Crippen LogP contribution in [0.3, 0.4) is 0 Å². The van der Waals surface area contributed by atoms with Crippen LogP contribution in [0.15, 0.2) is 48.5 Å². The van der Waals surface area contributed by atoms with Crippen molar-refractivity contribution in [3.8, 4) is 17.9 Å². The number of benzene rings is 2. The van der Waals surface area contributed by atoms with Gasteiger partial charge in [0, 0.05) is 0 Å². The number of rotatable bonds is 3. The Morgan fingerprint density at radius 1 is 0.826 bits per heavy atom. The Bertz CT molecular complexity index is 814. The minimum Gasteiger partial charge on any atom is -0.508 e. The van der Waals surface area contributed by atoms with Gasteiger partial charge in [-0.3, -0.25) is 0 Å². The molecule has 3 heteroatoms. The van der Waals surface area contributed by atoms with Gasteiger partial charge in [0.25, 0.3) is 0 Å². The molecule has 1 fully saturated rings. The predicted octanol–water partition coefficient (Wildman–Crippen LogP) is 4.62. The van der Waals surface area contributed by atoms with Crippen LogP contribution in [0.5, 0.6) is 5.75 Å². The lowest BCUT2D eigenvalue weighted by molar-refractivity contribution is 0.420. The van der Waals surface area contributed by atoms with E-state index in [2.05, 4.69) is 24.3 Å². The van der Waals surface area contributed by atoms with E-state index in [0.29, 0.717) is 22.6 Å². The Morgan fingerprint density at radius 3 is 1.70 bits per heavy atom. The maximum Gasteiger partial charge on any atom is 0.115 e. The summed E-state index contributed by atoms with van der Waals surface area (Å²) in [6.07, 6.45) is 3.75. The zero-order valence-electron chi connectivity index (χ0n) is 12.7. The van der Waals surface area contributed by atoms with Gasteiger partial charge in [0.15, 0.2) is 0 Å². The van der Waals surface area contributed by atoms with Crippen LogP contribution >= 0.6 is 0 Å². The van der Waals surface area contributed by atoms with Crippen LogP contribution < -0.4 is 0 Å². The van der Waals surface area contributed by atoms with Crippen molar-refractivity contribution in [2.24, 2.45) is 0 Å². The molecule has 0 atom stereocenters. The molecule has 0 aromatic heterocycles. The number of phenols is 1. The van der Waals surface area contributed by atoms with Crippen LogP contribution in [0.1, 0.15) is 41.9 Å². The maximum absolute atomic E-state index is 9.52. The summed E-state index contributed by atoms with van der Waals surface area (Å²) in [5.41, 5.74) is 3.37. The average Bonchev–Trinajstić information content (AvgIpc) is 2.53. The molecule has 0 heterocycles. The third-order valence-electron chi connectivity index (χ3n) is 4.41. The van der Waals surface area contributed by atoms with E-state index in [1.54, 1.807) is 12.1 Å². The zero-order chi connectivity index (χ0) is 16.2. The highest BCUT2D eigenvalue weighted by molar-refractivity contribution is 6.02. The van der Waals surface area contributed by atoms with E-state index in [0.717, 1.165) is 5.56 Å². The van der Waals surface area contributed by atoms with Crippen LogP contribution in [0.2, 0.25) is 0 Å². The molecule has 1 aliphatic carbocycles. The van der Waals surface area contributed by atoms with Crippen molar-refractivity contribution in [2.75, 3.05) is 0 Å². The smallest absolute Gasteiger partial charge is 0.115 e. The fourth-order valence-corrected chi connectivity index (χ4v) is 2.82. The molecular weight excluding hydrogens is 284 g/mol. The largest absolute Gasteiger partial charge is 0.508 e. The Balaban J connectivity index is 2.00. The third-order valence-corrected chi connectivity index (χ3v) is 4.41. The van der Waals surface area contributed by atoms with E-state index >= 15 is 0 Å². The number of phenolic OH excluding ortho intramolecular Hbond substituents is 1. The van der Waals surface area contributed by atoms with Crippen molar-refractivity contribution in [3.05, 3.63) is 65.2 Å². The van der Waals surface area contributed by atoms with Gasteiger partial charge < -0.3 is 5.11 Å². The second-order valence-corrected chi connectivity index (χ2v) is 5.77. The molecule has 2 aromatic carbocycles. The minimum atomic E-state index is 0.134. The van der Waals surface area contributed by atoms with Gasteiger partial charge >= 0.3 is 0 Å². The second kappa shape index (κ2) is 6.38. The monoisotopic (exact) mass is 300 g/mol. The molecule has 2 aromatic rings. The minimum absolute atomic E-state index is 0.134. The van der Waals surface area contributed by atoms with Gasteiger partial charge in [-0.1, -0.05) is 30.7 Å². The summed E-state index contributed by atoms with van der Waals surface area (Å²) < 4.78 is 0. The van der Waals surface area contributed by atoms with Crippen LogP contribution in [0, 0.1) is 22.7 Å². The lowest BCUT2D eigenvalue weighted by Gasteiger charge is -2.25. The molecule has 23 heavy (non-hydrogen) atoms. The maximum atomic E-state index is 9.52. The zero-order valence-corrected chi connectivity index (χ0v) is 12.7. The molecule has 0 aliphatic heterocycles. The number of aromatic hydroxyl groups is 1. The summed E-state index contributed by atoms with van der Waals surface area (Å²) in [6, 6.07) is 18.6. The molecule has 1 aliphatic rings. The molecule has 0 spiro atoms. The van der Waals surface area contributed by atoms with Crippen LogP contribution in [0.25, 0.3) is 11.1 Å². The molecule has 0 radical (unpaired) electrons. The Labute approximate surface area is 135 Å². The molecule has 1 N–H and O–H groups in total. The number of nitriles is 2. The molecule has 1 saturated carbocycles. The molecule has 0 amide bonds. The molecule has 0 unspecified atom stereocenters. The summed E-state index contributed by atoms with van der Waals surface area (Å²) in [5, 5.41) is 28.4. The highest BCUT2D eigenvalue weighted by atomic mass is 16.3. The Hall–Kier alpha value is -3.04. The van der Waals surface area contributed by atoms with E-state index in [1.807, 2.05) is 12.1 Å². The van der Waals surface area contributed by atoms with E-state index in [1.165, 1.54) is 37.0 Å². The molecule has 112 valence electrons. The normalized spacial score (nSPS) is 15.0. The highest BCUT2D eigenvalue weighted by Crippen LogP contribution is 2.37. The van der Waals surface area contributed by atoms with E-state index in [9.17, 15) is 15.6 Å². The van der Waals surface area contributed by atoms with Crippen molar-refractivity contribution in [1.82, 2.24) is 0 Å². The number of nitrogens with zero attached hydrogens (tertiary/aromatic N) is 2. The molecule has 3 nitrogen and oxygen atoms in total. The number of hydrogen-bond acceptors (Lipinski definition) is 3. The van der Waals surface area contributed by atoms with Gasteiger partial charge in [0.2, 0.25) is 0 Å². The summed E-state index contributed by atoms with van der Waals surface area (Å²) in [5.74, 6) is 0.778. The highest BCUT2D eigenvalue weighted by Gasteiger charge is 2.19. The summed E-state index contributed by atoms with van der Waals surface area (Å²) >= 11 is 0. The SMILES string of the molecule is N#C/C(=C(/C#N)c1ccc(C2CCC2)cc1)c1ccc(O)cc1. The van der Waals surface area contributed by atoms with Crippen LogP contribution in [0.4, 0.5) is 0 Å². The number of allylic oxidation sites excluding steroid dienone is 2. The second-order valence-electron chi connectivity index (χ2n) is 5.77. The van der Waals surface area contributed by atoms with Gasteiger partial charge in [0.1, 0.15) is 17.9 Å². The summed E-state index contributed by atoms with van der Waals surface area (Å²) in [4.78, 5) is 0. The Kier molecular flexibility index (Phi) is 4.13. The fourth-order valence-electron chi connectivity index (χ4n) is 2.82. The molecule has 3 rings (SSSR count). The fraction of sp³-hybridized carbons (Fsp3) is 0.200. The average molecular weight is 300 g/mol. The quantitative estimate of drug-likeness (QED) is 0.664. The standard InChI is InChI=1S/C20H16N2O/c21-12-19(20(13-22)17-8-10-18(23)11-9-17)16-6-4-15(5-7-16)14-2-1-3-14/h4-11,14,23H,1-3H2/b20-19+. The first kappa shape index (κ1) is 14.9. The first-order valence-electron chi connectivity index (χ1n) is 7.67. The van der Waals surface area contributed by atoms with Crippen molar-refractivity contribution < 1.29 is 5.11 Å². The van der Waals surface area contributed by atoms with Crippen molar-refractivity contribution >= 4 is 11.1 Å². The topological polar surface area (TPSA) is 67.8 Å². The lowest BCUT2D eigenvalue weighted by Crippen LogP contribution is -2.08. The van der Waals surface area contributed by atoms with Gasteiger partial charge in [-0.15, -0.1) is 0 Å². The van der Waals surface area contributed by atoms with Crippen molar-refractivity contribution in [2.45, 2.75) is 25.2 Å². The van der Waals surface area contributed by atoms with Gasteiger partial charge in [-0.2, -0.15) is 10.5 Å². The van der Waals surface area contributed by atoms with Crippen molar-refractivity contribution in [3.63, 3.8) is 0 Å². The first-order valence-corrected chi connectivity index (χ1v) is 7.67. The molecule has 0 saturated heterocycles. The lowest BCUT2D eigenvalue weighted by atomic mass is 9.79.